The summed E-state index contributed by atoms with van der Waals surface area (Å²) in [4.78, 5) is 24.6. The van der Waals surface area contributed by atoms with Crippen LogP contribution in [0.15, 0.2) is 0 Å². The Balaban J connectivity index is 3.99. The summed E-state index contributed by atoms with van der Waals surface area (Å²) in [6.45, 7) is 8.74. The Morgan fingerprint density at radius 1 is 1.20 bits per heavy atom. The molecule has 0 spiro atoms. The van der Waals surface area contributed by atoms with Crippen molar-refractivity contribution in [3.05, 3.63) is 0 Å². The molecule has 0 unspecified atom stereocenters. The summed E-state index contributed by atoms with van der Waals surface area (Å²) in [5.41, 5.74) is -0.338. The smallest absolute Gasteiger partial charge is 0.234 e. The number of nitrogens with zero attached hydrogens (tertiary/aromatic N) is 1. The molecule has 0 aliphatic carbocycles. The molecule has 1 amide bonds. The third-order valence-electron chi connectivity index (χ3n) is 2.04. The molecule has 0 aromatic carbocycles. The van der Waals surface area contributed by atoms with Gasteiger partial charge >= 0.3 is 0 Å². The number of hydrogen-bond acceptors (Lipinski definition) is 3. The molecule has 0 aromatic heterocycles. The number of hydrogen-bond donors (Lipinski definition) is 1. The summed E-state index contributed by atoms with van der Waals surface area (Å²) >= 11 is 0. The summed E-state index contributed by atoms with van der Waals surface area (Å²) in [5.74, 6) is 0.107. The number of carbonyl (C=O) groups excluding carboxylic acids is 2. The van der Waals surface area contributed by atoms with Gasteiger partial charge in [-0.25, -0.2) is 0 Å². The van der Waals surface area contributed by atoms with E-state index in [-0.39, 0.29) is 23.7 Å². The molecule has 0 rings (SSSR count). The van der Waals surface area contributed by atoms with Crippen LogP contribution in [0.3, 0.4) is 0 Å². The molecule has 88 valence electrons. The molecule has 0 aromatic rings. The van der Waals surface area contributed by atoms with Crippen molar-refractivity contribution in [1.29, 1.82) is 0 Å². The van der Waals surface area contributed by atoms with Gasteiger partial charge < -0.3 is 5.32 Å². The number of Topliss-reactive ketones (excluding diaryl/α,β-unsaturated/α-hetero) is 1. The fourth-order valence-electron chi connectivity index (χ4n) is 1.04. The van der Waals surface area contributed by atoms with E-state index in [1.54, 1.807) is 11.9 Å². The fraction of sp³-hybridized carbons (Fsp3) is 0.818. The first-order chi connectivity index (χ1) is 6.77. The van der Waals surface area contributed by atoms with Crippen LogP contribution < -0.4 is 5.32 Å². The normalized spacial score (nSPS) is 11.6. The van der Waals surface area contributed by atoms with Gasteiger partial charge in [-0.05, 0) is 14.0 Å². The maximum atomic E-state index is 11.6. The van der Waals surface area contributed by atoms with Crippen molar-refractivity contribution in [2.45, 2.75) is 27.7 Å². The van der Waals surface area contributed by atoms with Gasteiger partial charge in [-0.1, -0.05) is 20.8 Å². The largest absolute Gasteiger partial charge is 0.355 e. The van der Waals surface area contributed by atoms with Crippen LogP contribution in [0.5, 0.6) is 0 Å². The second kappa shape index (κ2) is 5.85. The van der Waals surface area contributed by atoms with Gasteiger partial charge in [0.05, 0.1) is 13.1 Å². The standard InChI is InChI=1S/C11H22N2O2/c1-6-12-10(15)8-13(5)7-9(14)11(2,3)4/h6-8H2,1-5H3,(H,12,15). The summed E-state index contributed by atoms with van der Waals surface area (Å²) in [6, 6.07) is 0. The number of rotatable bonds is 5. The third-order valence-corrected chi connectivity index (χ3v) is 2.04. The molecule has 15 heavy (non-hydrogen) atoms. The number of carbonyl (C=O) groups is 2. The summed E-state index contributed by atoms with van der Waals surface area (Å²) < 4.78 is 0. The molecule has 0 aliphatic heterocycles. The van der Waals surface area contributed by atoms with Crippen molar-refractivity contribution in [3.8, 4) is 0 Å². The van der Waals surface area contributed by atoms with Gasteiger partial charge in [0.2, 0.25) is 5.91 Å². The number of ketones is 1. The summed E-state index contributed by atoms with van der Waals surface area (Å²) in [6.07, 6.45) is 0. The predicted molar refractivity (Wildman–Crippen MR) is 60.6 cm³/mol. The van der Waals surface area contributed by atoms with Crippen molar-refractivity contribution in [1.82, 2.24) is 10.2 Å². The van der Waals surface area contributed by atoms with E-state index in [0.717, 1.165) is 0 Å². The Hall–Kier alpha value is -0.900. The number of amides is 1. The van der Waals surface area contributed by atoms with Crippen LogP contribution >= 0.6 is 0 Å². The SMILES string of the molecule is CCNC(=O)CN(C)CC(=O)C(C)(C)C. The van der Waals surface area contributed by atoms with Crippen molar-refractivity contribution in [2.75, 3.05) is 26.7 Å². The Bertz CT molecular complexity index is 231. The summed E-state index contributed by atoms with van der Waals surface area (Å²) in [5, 5.41) is 2.70. The molecule has 4 nitrogen and oxygen atoms in total. The van der Waals surface area contributed by atoms with Crippen LogP contribution in [-0.2, 0) is 9.59 Å². The number of likely N-dealkylation sites (N-methyl/N-ethyl adjacent to an activating group) is 2. The van der Waals surface area contributed by atoms with Crippen molar-refractivity contribution < 1.29 is 9.59 Å². The quantitative estimate of drug-likeness (QED) is 0.732. The molecule has 0 saturated heterocycles. The highest BCUT2D eigenvalue weighted by Gasteiger charge is 2.22. The van der Waals surface area contributed by atoms with Crippen molar-refractivity contribution in [3.63, 3.8) is 0 Å². The molecule has 0 radical (unpaired) electrons. The van der Waals surface area contributed by atoms with Gasteiger partial charge in [-0.15, -0.1) is 0 Å². The molecule has 0 heterocycles. The van der Waals surface area contributed by atoms with Gasteiger partial charge in [0, 0.05) is 12.0 Å². The average Bonchev–Trinajstić information content (AvgIpc) is 2.01. The van der Waals surface area contributed by atoms with Crippen LogP contribution in [-0.4, -0.2) is 43.3 Å². The van der Waals surface area contributed by atoms with Gasteiger partial charge in [-0.3, -0.25) is 14.5 Å². The van der Waals surface area contributed by atoms with Crippen LogP contribution in [0, 0.1) is 5.41 Å². The van der Waals surface area contributed by atoms with E-state index in [0.29, 0.717) is 13.1 Å². The molecular formula is C11H22N2O2. The second-order valence-corrected chi connectivity index (χ2v) is 4.80. The Morgan fingerprint density at radius 2 is 1.73 bits per heavy atom. The first-order valence-electron chi connectivity index (χ1n) is 5.26. The predicted octanol–water partition coefficient (Wildman–Crippen LogP) is 0.669. The highest BCUT2D eigenvalue weighted by molar-refractivity contribution is 5.86. The highest BCUT2D eigenvalue weighted by Crippen LogP contribution is 2.14. The lowest BCUT2D eigenvalue weighted by Crippen LogP contribution is -2.40. The van der Waals surface area contributed by atoms with E-state index in [1.165, 1.54) is 0 Å². The zero-order chi connectivity index (χ0) is 12.1. The maximum absolute atomic E-state index is 11.6. The molecule has 0 fully saturated rings. The molecule has 4 heteroatoms. The van der Waals surface area contributed by atoms with Crippen LogP contribution in [0.2, 0.25) is 0 Å². The number of nitrogens with one attached hydrogen (secondary N) is 1. The van der Waals surface area contributed by atoms with E-state index < -0.39 is 0 Å². The molecule has 0 saturated carbocycles. The average molecular weight is 214 g/mol. The fourth-order valence-corrected chi connectivity index (χ4v) is 1.04. The first kappa shape index (κ1) is 14.1. The topological polar surface area (TPSA) is 49.4 Å². The Kier molecular flexibility index (Phi) is 5.50. The van der Waals surface area contributed by atoms with Crippen molar-refractivity contribution >= 4 is 11.7 Å². The van der Waals surface area contributed by atoms with Gasteiger partial charge in [0.15, 0.2) is 5.78 Å². The van der Waals surface area contributed by atoms with Crippen molar-refractivity contribution in [2.24, 2.45) is 5.41 Å². The lowest BCUT2D eigenvalue weighted by Gasteiger charge is -2.21. The molecule has 1 N–H and O–H groups in total. The van der Waals surface area contributed by atoms with Crippen LogP contribution in [0.25, 0.3) is 0 Å². The zero-order valence-electron chi connectivity index (χ0n) is 10.4. The van der Waals surface area contributed by atoms with Crippen LogP contribution in [0.4, 0.5) is 0 Å². The minimum Gasteiger partial charge on any atom is -0.355 e. The molecular weight excluding hydrogens is 192 g/mol. The van der Waals surface area contributed by atoms with E-state index >= 15 is 0 Å². The highest BCUT2D eigenvalue weighted by atomic mass is 16.2. The molecule has 0 atom stereocenters. The molecule has 0 bridgehead atoms. The Labute approximate surface area is 92.0 Å². The van der Waals surface area contributed by atoms with Gasteiger partial charge in [-0.2, -0.15) is 0 Å². The maximum Gasteiger partial charge on any atom is 0.234 e. The second-order valence-electron chi connectivity index (χ2n) is 4.80. The first-order valence-corrected chi connectivity index (χ1v) is 5.26. The van der Waals surface area contributed by atoms with E-state index in [9.17, 15) is 9.59 Å². The van der Waals surface area contributed by atoms with Gasteiger partial charge in [0.25, 0.3) is 0 Å². The van der Waals surface area contributed by atoms with E-state index in [1.807, 2.05) is 27.7 Å². The molecule has 0 aliphatic rings. The lowest BCUT2D eigenvalue weighted by molar-refractivity contribution is -0.128. The minimum atomic E-state index is -0.338. The summed E-state index contributed by atoms with van der Waals surface area (Å²) in [7, 11) is 1.78. The van der Waals surface area contributed by atoms with Gasteiger partial charge in [0.1, 0.15) is 0 Å². The monoisotopic (exact) mass is 214 g/mol. The zero-order valence-corrected chi connectivity index (χ0v) is 10.4. The van der Waals surface area contributed by atoms with E-state index in [4.69, 9.17) is 0 Å². The van der Waals surface area contributed by atoms with E-state index in [2.05, 4.69) is 5.32 Å². The van der Waals surface area contributed by atoms with Crippen LogP contribution in [0.1, 0.15) is 27.7 Å². The third kappa shape index (κ3) is 6.23. The Morgan fingerprint density at radius 3 is 2.13 bits per heavy atom. The minimum absolute atomic E-state index is 0.0401. The lowest BCUT2D eigenvalue weighted by atomic mass is 9.90.